The van der Waals surface area contributed by atoms with E-state index < -0.39 is 5.91 Å². The number of ether oxygens (including phenoxy) is 1. The lowest BCUT2D eigenvalue weighted by Gasteiger charge is -2.31. The van der Waals surface area contributed by atoms with Gasteiger partial charge in [-0.1, -0.05) is 23.5 Å². The third-order valence-electron chi connectivity index (χ3n) is 5.59. The van der Waals surface area contributed by atoms with Gasteiger partial charge >= 0.3 is 0 Å². The van der Waals surface area contributed by atoms with Crippen molar-refractivity contribution in [1.29, 1.82) is 0 Å². The highest BCUT2D eigenvalue weighted by atomic mass is 32.1. The summed E-state index contributed by atoms with van der Waals surface area (Å²) in [4.78, 5) is 39.7. The Bertz CT molecular complexity index is 1220. The van der Waals surface area contributed by atoms with Crippen LogP contribution in [0.5, 0.6) is 5.75 Å². The Balaban J connectivity index is 1.33. The van der Waals surface area contributed by atoms with Gasteiger partial charge in [0, 0.05) is 25.3 Å². The zero-order chi connectivity index (χ0) is 24.8. The standard InChI is InChI=1S/C24H24FN5O4S/c1-34-19-9-7-18(8-10-19)27-21(32)22-28-29-23(35-22)24(33)30-11-3-5-16(14-30)20(31)26-13-15-4-2-6-17(25)12-15/h2,4,6-10,12,16H,3,5,11,13-14H2,1H3,(H,26,31)(H,27,32)/t16-/m1/s1. The summed E-state index contributed by atoms with van der Waals surface area (Å²) in [5, 5.41) is 13.4. The maximum atomic E-state index is 13.3. The van der Waals surface area contributed by atoms with Crippen molar-refractivity contribution in [2.45, 2.75) is 19.4 Å². The fourth-order valence-corrected chi connectivity index (χ4v) is 4.46. The van der Waals surface area contributed by atoms with Gasteiger partial charge in [-0.05, 0) is 54.8 Å². The number of amides is 3. The van der Waals surface area contributed by atoms with Gasteiger partial charge in [0.25, 0.3) is 11.8 Å². The second kappa shape index (κ2) is 11.0. The second-order valence-corrected chi connectivity index (χ2v) is 9.01. The van der Waals surface area contributed by atoms with Crippen molar-refractivity contribution < 1.29 is 23.5 Å². The SMILES string of the molecule is COc1ccc(NC(=O)c2nnc(C(=O)N3CCC[C@@H](C(=O)NCc4cccc(F)c4)C3)s2)cc1. The summed E-state index contributed by atoms with van der Waals surface area (Å²) in [5.74, 6) is -1.11. The molecule has 0 aliphatic carbocycles. The molecule has 9 nitrogen and oxygen atoms in total. The second-order valence-electron chi connectivity index (χ2n) is 8.03. The first-order chi connectivity index (χ1) is 16.9. The van der Waals surface area contributed by atoms with Crippen molar-refractivity contribution in [3.05, 3.63) is 69.9 Å². The fraction of sp³-hybridized carbons (Fsp3) is 0.292. The van der Waals surface area contributed by atoms with Gasteiger partial charge < -0.3 is 20.3 Å². The van der Waals surface area contributed by atoms with E-state index in [0.29, 0.717) is 36.4 Å². The third kappa shape index (κ3) is 6.18. The van der Waals surface area contributed by atoms with Crippen molar-refractivity contribution in [1.82, 2.24) is 20.4 Å². The van der Waals surface area contributed by atoms with Crippen LogP contribution in [-0.2, 0) is 11.3 Å². The van der Waals surface area contributed by atoms with Crippen LogP contribution in [0, 0.1) is 11.7 Å². The van der Waals surface area contributed by atoms with Gasteiger partial charge in [-0.15, -0.1) is 10.2 Å². The minimum Gasteiger partial charge on any atom is -0.497 e. The van der Waals surface area contributed by atoms with Gasteiger partial charge in [0.2, 0.25) is 15.9 Å². The number of hydrogen-bond acceptors (Lipinski definition) is 7. The molecule has 4 rings (SSSR count). The fourth-order valence-electron chi connectivity index (χ4n) is 3.75. The predicted octanol–water partition coefficient (Wildman–Crippen LogP) is 3.11. The van der Waals surface area contributed by atoms with Crippen LogP contribution in [0.4, 0.5) is 10.1 Å². The number of carbonyl (C=O) groups is 3. The lowest BCUT2D eigenvalue weighted by Crippen LogP contribution is -2.45. The van der Waals surface area contributed by atoms with Gasteiger partial charge in [-0.3, -0.25) is 14.4 Å². The minimum atomic E-state index is -0.472. The van der Waals surface area contributed by atoms with E-state index in [9.17, 15) is 18.8 Å². The van der Waals surface area contributed by atoms with E-state index in [0.717, 1.165) is 11.3 Å². The number of likely N-dealkylation sites (tertiary alicyclic amines) is 1. The lowest BCUT2D eigenvalue weighted by atomic mass is 9.97. The first kappa shape index (κ1) is 24.3. The quantitative estimate of drug-likeness (QED) is 0.519. The molecule has 1 aliphatic heterocycles. The van der Waals surface area contributed by atoms with Crippen molar-refractivity contribution in [3.63, 3.8) is 0 Å². The maximum absolute atomic E-state index is 13.3. The van der Waals surface area contributed by atoms with Crippen LogP contribution in [0.25, 0.3) is 0 Å². The summed E-state index contributed by atoms with van der Waals surface area (Å²) < 4.78 is 18.4. The molecule has 0 radical (unpaired) electrons. The van der Waals surface area contributed by atoms with E-state index in [4.69, 9.17) is 4.74 Å². The lowest BCUT2D eigenvalue weighted by molar-refractivity contribution is -0.126. The number of carbonyl (C=O) groups excluding carboxylic acids is 3. The zero-order valence-corrected chi connectivity index (χ0v) is 19.8. The third-order valence-corrected chi connectivity index (χ3v) is 6.50. The molecule has 182 valence electrons. The molecule has 1 saturated heterocycles. The van der Waals surface area contributed by atoms with E-state index in [1.54, 1.807) is 48.4 Å². The van der Waals surface area contributed by atoms with Gasteiger partial charge in [-0.25, -0.2) is 4.39 Å². The molecule has 1 atom stereocenters. The Kier molecular flexibility index (Phi) is 7.66. The number of halogens is 1. The molecule has 0 unspecified atom stereocenters. The number of anilines is 1. The largest absolute Gasteiger partial charge is 0.497 e. The Morgan fingerprint density at radius 3 is 2.66 bits per heavy atom. The van der Waals surface area contributed by atoms with Crippen molar-refractivity contribution in [3.8, 4) is 5.75 Å². The molecule has 1 fully saturated rings. The molecule has 3 amide bonds. The summed E-state index contributed by atoms with van der Waals surface area (Å²) in [5.41, 5.74) is 1.22. The number of rotatable bonds is 7. The highest BCUT2D eigenvalue weighted by Crippen LogP contribution is 2.22. The first-order valence-corrected chi connectivity index (χ1v) is 11.8. The summed E-state index contributed by atoms with van der Waals surface area (Å²) >= 11 is 0.902. The van der Waals surface area contributed by atoms with Gasteiger partial charge in [0.15, 0.2) is 0 Å². The average Bonchev–Trinajstić information content (AvgIpc) is 3.38. The number of nitrogens with one attached hydrogen (secondary N) is 2. The Morgan fingerprint density at radius 1 is 1.14 bits per heavy atom. The van der Waals surface area contributed by atoms with E-state index in [-0.39, 0.29) is 46.7 Å². The molecule has 2 aromatic carbocycles. The number of piperidine rings is 1. The maximum Gasteiger partial charge on any atom is 0.286 e. The number of hydrogen-bond donors (Lipinski definition) is 2. The number of methoxy groups -OCH3 is 1. The van der Waals surface area contributed by atoms with Crippen LogP contribution in [0.2, 0.25) is 0 Å². The molecule has 1 aliphatic rings. The molecule has 2 heterocycles. The normalized spacial score (nSPS) is 15.4. The van der Waals surface area contributed by atoms with Gasteiger partial charge in [-0.2, -0.15) is 0 Å². The molecule has 3 aromatic rings. The van der Waals surface area contributed by atoms with Crippen LogP contribution >= 0.6 is 11.3 Å². The molecule has 11 heteroatoms. The molecular formula is C24H24FN5O4S. The van der Waals surface area contributed by atoms with Crippen molar-refractivity contribution >= 4 is 34.7 Å². The smallest absolute Gasteiger partial charge is 0.286 e. The molecule has 0 spiro atoms. The Morgan fingerprint density at radius 2 is 1.91 bits per heavy atom. The van der Waals surface area contributed by atoms with Crippen LogP contribution in [0.15, 0.2) is 48.5 Å². The monoisotopic (exact) mass is 497 g/mol. The summed E-state index contributed by atoms with van der Waals surface area (Å²) in [7, 11) is 1.55. The zero-order valence-electron chi connectivity index (χ0n) is 19.0. The van der Waals surface area contributed by atoms with E-state index in [2.05, 4.69) is 20.8 Å². The van der Waals surface area contributed by atoms with E-state index in [1.165, 1.54) is 12.1 Å². The average molecular weight is 498 g/mol. The predicted molar refractivity (Wildman–Crippen MR) is 128 cm³/mol. The number of benzene rings is 2. The van der Waals surface area contributed by atoms with Crippen LogP contribution in [0.3, 0.4) is 0 Å². The summed E-state index contributed by atoms with van der Waals surface area (Å²) in [6.07, 6.45) is 1.30. The van der Waals surface area contributed by atoms with E-state index in [1.807, 2.05) is 0 Å². The molecule has 0 bridgehead atoms. The van der Waals surface area contributed by atoms with Gasteiger partial charge in [0.1, 0.15) is 11.6 Å². The molecule has 35 heavy (non-hydrogen) atoms. The Hall–Kier alpha value is -3.86. The molecular weight excluding hydrogens is 473 g/mol. The number of nitrogens with zero attached hydrogens (tertiary/aromatic N) is 3. The number of aromatic nitrogens is 2. The Labute approximate surface area is 205 Å². The molecule has 0 saturated carbocycles. The van der Waals surface area contributed by atoms with Crippen LogP contribution in [-0.4, -0.2) is 53.0 Å². The highest BCUT2D eigenvalue weighted by Gasteiger charge is 2.30. The van der Waals surface area contributed by atoms with E-state index >= 15 is 0 Å². The van der Waals surface area contributed by atoms with Crippen molar-refractivity contribution in [2.24, 2.45) is 5.92 Å². The van der Waals surface area contributed by atoms with Crippen LogP contribution < -0.4 is 15.4 Å². The minimum absolute atomic E-state index is 0.0607. The van der Waals surface area contributed by atoms with Crippen molar-refractivity contribution in [2.75, 3.05) is 25.5 Å². The molecule has 2 N–H and O–H groups in total. The molecule has 1 aromatic heterocycles. The van der Waals surface area contributed by atoms with Gasteiger partial charge in [0.05, 0.1) is 13.0 Å². The topological polar surface area (TPSA) is 114 Å². The van der Waals surface area contributed by atoms with Crippen LogP contribution in [0.1, 0.15) is 38.0 Å². The summed E-state index contributed by atoms with van der Waals surface area (Å²) in [6.45, 7) is 0.935. The summed E-state index contributed by atoms with van der Waals surface area (Å²) in [6, 6.07) is 12.8. The highest BCUT2D eigenvalue weighted by molar-refractivity contribution is 7.15. The first-order valence-electron chi connectivity index (χ1n) is 11.0.